The first kappa shape index (κ1) is 6.26. The molecule has 1 fully saturated rings. The van der Waals surface area contributed by atoms with E-state index in [0.29, 0.717) is 6.10 Å². The number of benzene rings is 1. The number of aromatic amines is 1. The van der Waals surface area contributed by atoms with Crippen LogP contribution in [0.5, 0.6) is 0 Å². The zero-order chi connectivity index (χ0) is 7.97. The fourth-order valence-corrected chi connectivity index (χ4v) is 1.51. The smallest absolute Gasteiger partial charge is 0.106 e. The lowest BCUT2D eigenvalue weighted by molar-refractivity contribution is 0.416. The van der Waals surface area contributed by atoms with Crippen molar-refractivity contribution < 1.29 is 4.74 Å². The summed E-state index contributed by atoms with van der Waals surface area (Å²) in [6.07, 6.45) is 2.33. The van der Waals surface area contributed by atoms with Crippen LogP contribution in [0.2, 0.25) is 0 Å². The Balaban J connectivity index is 2.21. The Morgan fingerprint density at radius 3 is 3.08 bits per heavy atom. The summed E-state index contributed by atoms with van der Waals surface area (Å²) in [5.74, 6) is 0. The molecule has 1 aromatic carbocycles. The molecule has 0 amide bonds. The van der Waals surface area contributed by atoms with Crippen LogP contribution in [-0.4, -0.2) is 11.6 Å². The molecule has 3 rings (SSSR count). The highest BCUT2D eigenvalue weighted by atomic mass is 16.6. The maximum Gasteiger partial charge on any atom is 0.106 e. The predicted molar refractivity (Wildman–Crippen MR) is 47.0 cm³/mol. The summed E-state index contributed by atoms with van der Waals surface area (Å²) >= 11 is 0. The van der Waals surface area contributed by atoms with Crippen LogP contribution in [0.3, 0.4) is 0 Å². The van der Waals surface area contributed by atoms with Gasteiger partial charge in [0, 0.05) is 11.7 Å². The van der Waals surface area contributed by atoms with Gasteiger partial charge in [0.2, 0.25) is 0 Å². The summed E-state index contributed by atoms with van der Waals surface area (Å²) < 4.78 is 5.21. The Kier molecular flexibility index (Phi) is 1.10. The van der Waals surface area contributed by atoms with Crippen molar-refractivity contribution >= 4 is 10.9 Å². The molecule has 2 heteroatoms. The molecule has 1 N–H and O–H groups in total. The van der Waals surface area contributed by atoms with Gasteiger partial charge in [0.1, 0.15) is 6.10 Å². The lowest BCUT2D eigenvalue weighted by Gasteiger charge is -1.94. The van der Waals surface area contributed by atoms with E-state index in [-0.39, 0.29) is 0 Å². The lowest BCUT2D eigenvalue weighted by atomic mass is 10.1. The molecule has 0 aliphatic carbocycles. The van der Waals surface area contributed by atoms with E-state index in [2.05, 4.69) is 29.2 Å². The number of ether oxygens (including phenoxy) is 1. The fraction of sp³-hybridized carbons (Fsp3) is 0.200. The van der Waals surface area contributed by atoms with Gasteiger partial charge in [-0.15, -0.1) is 0 Å². The summed E-state index contributed by atoms with van der Waals surface area (Å²) in [7, 11) is 0. The molecule has 2 nitrogen and oxygen atoms in total. The van der Waals surface area contributed by atoms with Gasteiger partial charge in [-0.25, -0.2) is 0 Å². The molecule has 1 atom stereocenters. The maximum atomic E-state index is 5.21. The van der Waals surface area contributed by atoms with Gasteiger partial charge < -0.3 is 9.72 Å². The largest absolute Gasteiger partial charge is 0.368 e. The Labute approximate surface area is 70.2 Å². The standard InChI is InChI=1S/C10H9NO/c1-2-9-7(3-4-11-9)5-8(1)10-6-12-10/h1-5,10-11H,6H2. The number of aromatic nitrogens is 1. The van der Waals surface area contributed by atoms with Crippen LogP contribution in [0, 0.1) is 0 Å². The van der Waals surface area contributed by atoms with Crippen LogP contribution < -0.4 is 0 Å². The molecular weight excluding hydrogens is 150 g/mol. The zero-order valence-corrected chi connectivity index (χ0v) is 6.58. The van der Waals surface area contributed by atoms with E-state index in [9.17, 15) is 0 Å². The number of hydrogen-bond acceptors (Lipinski definition) is 1. The summed E-state index contributed by atoms with van der Waals surface area (Å²) in [5.41, 5.74) is 2.49. The summed E-state index contributed by atoms with van der Waals surface area (Å²) in [6, 6.07) is 8.49. The Morgan fingerprint density at radius 2 is 2.25 bits per heavy atom. The van der Waals surface area contributed by atoms with Gasteiger partial charge in [0.25, 0.3) is 0 Å². The van der Waals surface area contributed by atoms with E-state index < -0.39 is 0 Å². The van der Waals surface area contributed by atoms with Gasteiger partial charge in [-0.2, -0.15) is 0 Å². The molecule has 0 bridgehead atoms. The molecule has 0 spiro atoms. The molecule has 2 aromatic rings. The van der Waals surface area contributed by atoms with Crippen molar-refractivity contribution in [1.82, 2.24) is 4.98 Å². The topological polar surface area (TPSA) is 28.3 Å². The second-order valence-corrected chi connectivity index (χ2v) is 3.15. The summed E-state index contributed by atoms with van der Waals surface area (Å²) in [5, 5.41) is 1.27. The van der Waals surface area contributed by atoms with Gasteiger partial charge in [-0.3, -0.25) is 0 Å². The Bertz CT molecular complexity index is 414. The second-order valence-electron chi connectivity index (χ2n) is 3.15. The third-order valence-electron chi connectivity index (χ3n) is 2.28. The second kappa shape index (κ2) is 2.11. The number of H-pyrrole nitrogens is 1. The van der Waals surface area contributed by atoms with Crippen LogP contribution in [0.1, 0.15) is 11.7 Å². The number of rotatable bonds is 1. The molecule has 1 unspecified atom stereocenters. The van der Waals surface area contributed by atoms with Crippen LogP contribution >= 0.6 is 0 Å². The fourth-order valence-electron chi connectivity index (χ4n) is 1.51. The zero-order valence-electron chi connectivity index (χ0n) is 6.58. The molecule has 0 saturated carbocycles. The molecule has 60 valence electrons. The van der Waals surface area contributed by atoms with Crippen molar-refractivity contribution in [3.63, 3.8) is 0 Å². The van der Waals surface area contributed by atoms with Gasteiger partial charge in [-0.05, 0) is 29.1 Å². The van der Waals surface area contributed by atoms with Crippen molar-refractivity contribution in [3.05, 3.63) is 36.0 Å². The maximum absolute atomic E-state index is 5.21. The number of nitrogens with one attached hydrogen (secondary N) is 1. The number of hydrogen-bond donors (Lipinski definition) is 1. The molecular formula is C10H9NO. The van der Waals surface area contributed by atoms with E-state index in [1.807, 2.05) is 6.20 Å². The van der Waals surface area contributed by atoms with Crippen molar-refractivity contribution in [2.45, 2.75) is 6.10 Å². The van der Waals surface area contributed by atoms with Crippen molar-refractivity contribution in [1.29, 1.82) is 0 Å². The van der Waals surface area contributed by atoms with Gasteiger partial charge >= 0.3 is 0 Å². The molecule has 1 aliphatic heterocycles. The van der Waals surface area contributed by atoms with Crippen molar-refractivity contribution in [2.24, 2.45) is 0 Å². The minimum Gasteiger partial charge on any atom is -0.368 e. The first-order valence-corrected chi connectivity index (χ1v) is 4.12. The number of fused-ring (bicyclic) bond motifs is 1. The third kappa shape index (κ3) is 0.850. The van der Waals surface area contributed by atoms with Gasteiger partial charge in [0.05, 0.1) is 6.61 Å². The van der Waals surface area contributed by atoms with E-state index >= 15 is 0 Å². The molecule has 1 saturated heterocycles. The van der Waals surface area contributed by atoms with Crippen molar-refractivity contribution in [2.75, 3.05) is 6.61 Å². The van der Waals surface area contributed by atoms with E-state index in [1.54, 1.807) is 0 Å². The molecule has 1 aliphatic rings. The van der Waals surface area contributed by atoms with E-state index in [1.165, 1.54) is 16.5 Å². The predicted octanol–water partition coefficient (Wildman–Crippen LogP) is 2.24. The van der Waals surface area contributed by atoms with Crippen LogP contribution in [0.4, 0.5) is 0 Å². The number of epoxide rings is 1. The third-order valence-corrected chi connectivity index (χ3v) is 2.28. The minimum absolute atomic E-state index is 0.365. The summed E-state index contributed by atoms with van der Waals surface area (Å²) in [6.45, 7) is 0.885. The lowest BCUT2D eigenvalue weighted by Crippen LogP contribution is -1.78. The highest BCUT2D eigenvalue weighted by molar-refractivity contribution is 5.80. The normalized spacial score (nSPS) is 21.5. The van der Waals surface area contributed by atoms with Crippen molar-refractivity contribution in [3.8, 4) is 0 Å². The van der Waals surface area contributed by atoms with Crippen LogP contribution in [-0.2, 0) is 4.74 Å². The Morgan fingerprint density at radius 1 is 1.33 bits per heavy atom. The summed E-state index contributed by atoms with van der Waals surface area (Å²) in [4.78, 5) is 3.17. The average molecular weight is 159 g/mol. The first-order valence-electron chi connectivity index (χ1n) is 4.12. The van der Waals surface area contributed by atoms with Gasteiger partial charge in [-0.1, -0.05) is 6.07 Å². The van der Waals surface area contributed by atoms with Gasteiger partial charge in [0.15, 0.2) is 0 Å². The highest BCUT2D eigenvalue weighted by Crippen LogP contribution is 2.31. The van der Waals surface area contributed by atoms with Crippen LogP contribution in [0.25, 0.3) is 10.9 Å². The first-order chi connectivity index (χ1) is 5.93. The van der Waals surface area contributed by atoms with Crippen LogP contribution in [0.15, 0.2) is 30.5 Å². The Hall–Kier alpha value is -1.28. The quantitative estimate of drug-likeness (QED) is 0.635. The van der Waals surface area contributed by atoms with E-state index in [0.717, 1.165) is 6.61 Å². The molecule has 12 heavy (non-hydrogen) atoms. The minimum atomic E-state index is 0.365. The average Bonchev–Trinajstić information content (AvgIpc) is 2.84. The highest BCUT2D eigenvalue weighted by Gasteiger charge is 2.24. The molecule has 2 heterocycles. The molecule has 0 radical (unpaired) electrons. The SMILES string of the molecule is c1cc2cc(C3CO3)ccc2[nH]1. The monoisotopic (exact) mass is 159 g/mol. The van der Waals surface area contributed by atoms with E-state index in [4.69, 9.17) is 4.74 Å². The molecule has 1 aromatic heterocycles.